The summed E-state index contributed by atoms with van der Waals surface area (Å²) in [6.07, 6.45) is 1.55. The highest BCUT2D eigenvalue weighted by Crippen LogP contribution is 2.29. The van der Waals surface area contributed by atoms with Gasteiger partial charge in [-0.15, -0.1) is 0 Å². The van der Waals surface area contributed by atoms with Gasteiger partial charge in [0.05, 0.1) is 18.2 Å². The Kier molecular flexibility index (Phi) is 8.35. The maximum atomic E-state index is 14.0. The number of nitrogens with one attached hydrogen (secondary N) is 1. The first-order valence-corrected chi connectivity index (χ1v) is 12.2. The molecule has 0 radical (unpaired) electrons. The molecule has 1 aliphatic rings. The molecule has 0 bridgehead atoms. The van der Waals surface area contributed by atoms with Crippen LogP contribution in [-0.4, -0.2) is 49.5 Å². The zero-order chi connectivity index (χ0) is 27.2. The maximum absolute atomic E-state index is 14.0. The lowest BCUT2D eigenvalue weighted by Crippen LogP contribution is -2.40. The van der Waals surface area contributed by atoms with Crippen molar-refractivity contribution in [3.8, 4) is 5.75 Å². The minimum atomic E-state index is -1.17. The lowest BCUT2D eigenvalue weighted by atomic mass is 9.89. The number of piperidine rings is 1. The van der Waals surface area contributed by atoms with E-state index >= 15 is 0 Å². The van der Waals surface area contributed by atoms with Crippen molar-refractivity contribution in [3.05, 3.63) is 94.6 Å². The van der Waals surface area contributed by atoms with Crippen LogP contribution in [0, 0.1) is 18.6 Å². The maximum Gasteiger partial charge on any atom is 0.337 e. The fraction of sp³-hybridized carbons (Fsp3) is 0.276. The van der Waals surface area contributed by atoms with Gasteiger partial charge in [-0.05, 0) is 85.3 Å². The number of ether oxygens (including phenoxy) is 2. The van der Waals surface area contributed by atoms with Crippen molar-refractivity contribution in [1.29, 1.82) is 0 Å². The summed E-state index contributed by atoms with van der Waals surface area (Å²) in [4.78, 5) is 38.3. The number of nitrogens with zero attached hydrogens (tertiary/aromatic N) is 1. The van der Waals surface area contributed by atoms with Crippen LogP contribution in [0.3, 0.4) is 0 Å². The number of hydrogen-bond donors (Lipinski definition) is 1. The van der Waals surface area contributed by atoms with Crippen LogP contribution in [0.5, 0.6) is 5.75 Å². The first kappa shape index (κ1) is 26.8. The van der Waals surface area contributed by atoms with Gasteiger partial charge in [0.2, 0.25) is 0 Å². The molecule has 0 aliphatic carbocycles. The molecule has 0 atom stereocenters. The Balaban J connectivity index is 1.26. The Bertz CT molecular complexity index is 1320. The second kappa shape index (κ2) is 11.9. The molecule has 0 aromatic heterocycles. The van der Waals surface area contributed by atoms with Gasteiger partial charge >= 0.3 is 5.97 Å². The van der Waals surface area contributed by atoms with E-state index < -0.39 is 23.5 Å². The molecule has 3 aromatic carbocycles. The predicted octanol–water partition coefficient (Wildman–Crippen LogP) is 5.10. The Hall–Kier alpha value is -4.27. The second-order valence-electron chi connectivity index (χ2n) is 9.14. The number of carbonyl (C=O) groups is 3. The molecule has 1 N–H and O–H groups in total. The van der Waals surface area contributed by atoms with Gasteiger partial charge in [-0.1, -0.05) is 12.1 Å². The monoisotopic (exact) mass is 522 g/mol. The zero-order valence-electron chi connectivity index (χ0n) is 21.1. The van der Waals surface area contributed by atoms with Crippen LogP contribution in [0.25, 0.3) is 0 Å². The normalized spacial score (nSPS) is 13.6. The van der Waals surface area contributed by atoms with Crippen LogP contribution in [-0.2, 0) is 9.53 Å². The third-order valence-corrected chi connectivity index (χ3v) is 6.54. The average molecular weight is 523 g/mol. The first-order valence-electron chi connectivity index (χ1n) is 12.2. The molecule has 198 valence electrons. The molecule has 4 rings (SSSR count). The largest absolute Gasteiger partial charge is 0.484 e. The predicted molar refractivity (Wildman–Crippen MR) is 137 cm³/mol. The van der Waals surface area contributed by atoms with E-state index in [9.17, 15) is 23.2 Å². The summed E-state index contributed by atoms with van der Waals surface area (Å²) in [5.41, 5.74) is 2.06. The van der Waals surface area contributed by atoms with E-state index in [2.05, 4.69) is 10.1 Å². The van der Waals surface area contributed by atoms with Gasteiger partial charge in [0.1, 0.15) is 5.75 Å². The number of anilines is 1. The minimum absolute atomic E-state index is 0.0952. The van der Waals surface area contributed by atoms with Crippen molar-refractivity contribution in [2.75, 3.05) is 32.1 Å². The number of esters is 1. The smallest absolute Gasteiger partial charge is 0.337 e. The van der Waals surface area contributed by atoms with Gasteiger partial charge in [-0.2, -0.15) is 0 Å². The van der Waals surface area contributed by atoms with Crippen molar-refractivity contribution in [2.45, 2.75) is 25.7 Å². The van der Waals surface area contributed by atoms with Gasteiger partial charge in [0.25, 0.3) is 11.8 Å². The van der Waals surface area contributed by atoms with Crippen LogP contribution in [0.2, 0.25) is 0 Å². The molecule has 7 nitrogen and oxygen atoms in total. The van der Waals surface area contributed by atoms with E-state index in [0.29, 0.717) is 35.7 Å². The van der Waals surface area contributed by atoms with Crippen LogP contribution in [0.1, 0.15) is 50.6 Å². The lowest BCUT2D eigenvalue weighted by Gasteiger charge is -2.32. The van der Waals surface area contributed by atoms with E-state index in [1.165, 1.54) is 13.2 Å². The van der Waals surface area contributed by atoms with Gasteiger partial charge in [0, 0.05) is 18.8 Å². The number of amides is 2. The third kappa shape index (κ3) is 6.34. The fourth-order valence-corrected chi connectivity index (χ4v) is 4.43. The van der Waals surface area contributed by atoms with Gasteiger partial charge < -0.3 is 19.7 Å². The molecule has 2 amide bonds. The second-order valence-corrected chi connectivity index (χ2v) is 9.14. The SMILES string of the molecule is COC(=O)c1ccc(OCC(=O)N2CCC(c3ccc(NC(=O)c4cc(C)cc(F)c4F)cc3)CC2)cc1. The summed E-state index contributed by atoms with van der Waals surface area (Å²) >= 11 is 0. The molecule has 9 heteroatoms. The van der Waals surface area contributed by atoms with Crippen molar-refractivity contribution in [1.82, 2.24) is 4.90 Å². The molecular formula is C29H28F2N2O5. The first-order chi connectivity index (χ1) is 18.2. The minimum Gasteiger partial charge on any atom is -0.484 e. The van der Waals surface area contributed by atoms with Crippen LogP contribution in [0.4, 0.5) is 14.5 Å². The quantitative estimate of drug-likeness (QED) is 0.437. The van der Waals surface area contributed by atoms with Crippen molar-refractivity contribution >= 4 is 23.5 Å². The molecule has 0 unspecified atom stereocenters. The van der Waals surface area contributed by atoms with E-state index in [1.807, 2.05) is 12.1 Å². The molecule has 0 saturated carbocycles. The summed E-state index contributed by atoms with van der Waals surface area (Å²) < 4.78 is 37.9. The summed E-state index contributed by atoms with van der Waals surface area (Å²) in [5.74, 6) is -2.76. The summed E-state index contributed by atoms with van der Waals surface area (Å²) in [6.45, 7) is 2.67. The number of carbonyl (C=O) groups excluding carboxylic acids is 3. The van der Waals surface area contributed by atoms with Gasteiger partial charge in [-0.3, -0.25) is 9.59 Å². The summed E-state index contributed by atoms with van der Waals surface area (Å²) in [5, 5.41) is 2.61. The highest BCUT2D eigenvalue weighted by molar-refractivity contribution is 6.04. The third-order valence-electron chi connectivity index (χ3n) is 6.54. The van der Waals surface area contributed by atoms with Gasteiger partial charge in [-0.25, -0.2) is 13.6 Å². The van der Waals surface area contributed by atoms with Crippen LogP contribution < -0.4 is 10.1 Å². The van der Waals surface area contributed by atoms with E-state index in [0.717, 1.165) is 24.5 Å². The molecule has 1 heterocycles. The Morgan fingerprint density at radius 1 is 0.974 bits per heavy atom. The molecule has 1 fully saturated rings. The number of likely N-dealkylation sites (tertiary alicyclic amines) is 1. The van der Waals surface area contributed by atoms with Crippen LogP contribution in [0.15, 0.2) is 60.7 Å². The molecule has 3 aromatic rings. The highest BCUT2D eigenvalue weighted by atomic mass is 19.2. The lowest BCUT2D eigenvalue weighted by molar-refractivity contribution is -0.134. The molecule has 1 saturated heterocycles. The molecular weight excluding hydrogens is 494 g/mol. The van der Waals surface area contributed by atoms with Crippen molar-refractivity contribution in [3.63, 3.8) is 0 Å². The number of methoxy groups -OCH3 is 1. The van der Waals surface area contributed by atoms with E-state index in [1.54, 1.807) is 48.2 Å². The number of rotatable bonds is 7. The Morgan fingerprint density at radius 2 is 1.63 bits per heavy atom. The van der Waals surface area contributed by atoms with E-state index in [4.69, 9.17) is 4.74 Å². The number of hydrogen-bond acceptors (Lipinski definition) is 5. The fourth-order valence-electron chi connectivity index (χ4n) is 4.43. The Labute approximate surface area is 219 Å². The number of aryl methyl sites for hydroxylation is 1. The average Bonchev–Trinajstić information content (AvgIpc) is 2.94. The van der Waals surface area contributed by atoms with E-state index in [-0.39, 0.29) is 24.0 Å². The topological polar surface area (TPSA) is 84.9 Å². The number of halogens is 2. The number of benzene rings is 3. The Morgan fingerprint density at radius 3 is 2.26 bits per heavy atom. The van der Waals surface area contributed by atoms with Crippen molar-refractivity contribution in [2.24, 2.45) is 0 Å². The highest BCUT2D eigenvalue weighted by Gasteiger charge is 2.24. The molecule has 1 aliphatic heterocycles. The molecule has 0 spiro atoms. The zero-order valence-corrected chi connectivity index (χ0v) is 21.1. The standard InChI is InChI=1S/C29H28F2N2O5/c1-18-15-24(27(31)25(30)16-18)28(35)32-22-7-3-19(4-8-22)20-11-13-33(14-12-20)26(34)17-38-23-9-5-21(6-10-23)29(36)37-2/h3-10,15-16,20H,11-14,17H2,1-2H3,(H,32,35). The summed E-state index contributed by atoms with van der Waals surface area (Å²) in [7, 11) is 1.31. The summed E-state index contributed by atoms with van der Waals surface area (Å²) in [6, 6.07) is 16.0. The van der Waals surface area contributed by atoms with Crippen molar-refractivity contribution < 1.29 is 32.6 Å². The molecule has 38 heavy (non-hydrogen) atoms. The van der Waals surface area contributed by atoms with Crippen LogP contribution >= 0.6 is 0 Å². The van der Waals surface area contributed by atoms with Gasteiger partial charge in [0.15, 0.2) is 18.2 Å².